The second kappa shape index (κ2) is 4.33. The molecule has 0 aromatic heterocycles. The molecule has 0 unspecified atom stereocenters. The zero-order valence-electron chi connectivity index (χ0n) is 9.26. The lowest BCUT2D eigenvalue weighted by molar-refractivity contribution is 0.378. The summed E-state index contributed by atoms with van der Waals surface area (Å²) in [5.74, 6) is 0. The molecule has 0 amide bonds. The Morgan fingerprint density at radius 1 is 1.21 bits per heavy atom. The quantitative estimate of drug-likeness (QED) is 0.785. The molecule has 1 N–H and O–H groups in total. The van der Waals surface area contributed by atoms with Gasteiger partial charge in [0.15, 0.2) is 0 Å². The zero-order valence-corrected chi connectivity index (χ0v) is 10.0. The van der Waals surface area contributed by atoms with Crippen molar-refractivity contribution in [3.05, 3.63) is 34.9 Å². The molecule has 0 aliphatic rings. The predicted octanol–water partition coefficient (Wildman–Crippen LogP) is 3.79. The molecule has 1 nitrogen and oxygen atoms in total. The minimum atomic E-state index is 0.110. The van der Waals surface area contributed by atoms with E-state index in [0.29, 0.717) is 0 Å². The minimum absolute atomic E-state index is 0.110. The van der Waals surface area contributed by atoms with Gasteiger partial charge in [0.05, 0.1) is 0 Å². The van der Waals surface area contributed by atoms with Gasteiger partial charge >= 0.3 is 0 Å². The Morgan fingerprint density at radius 2 is 1.79 bits per heavy atom. The van der Waals surface area contributed by atoms with Gasteiger partial charge in [0.25, 0.3) is 0 Å². The molecule has 0 fully saturated rings. The first-order valence-electron chi connectivity index (χ1n) is 4.92. The molecule has 1 rings (SSSR count). The lowest BCUT2D eigenvalue weighted by atomic mass is 10.0. The third-order valence-electron chi connectivity index (χ3n) is 2.02. The van der Waals surface area contributed by atoms with Gasteiger partial charge in [-0.15, -0.1) is 0 Å². The molecule has 14 heavy (non-hydrogen) atoms. The Kier molecular flexibility index (Phi) is 3.57. The molecular formula is C12H18ClN. The van der Waals surface area contributed by atoms with Crippen molar-refractivity contribution in [2.45, 2.75) is 39.3 Å². The Balaban J connectivity index is 2.80. The summed E-state index contributed by atoms with van der Waals surface area (Å²) in [7, 11) is 0. The molecule has 2 heteroatoms. The van der Waals surface area contributed by atoms with Gasteiger partial charge < -0.3 is 5.32 Å². The average Bonchev–Trinajstić information content (AvgIpc) is 2.01. The smallest absolute Gasteiger partial charge is 0.0453 e. The minimum Gasteiger partial charge on any atom is -0.305 e. The van der Waals surface area contributed by atoms with Crippen LogP contribution >= 0.6 is 11.6 Å². The molecule has 0 spiro atoms. The van der Waals surface area contributed by atoms with E-state index in [1.54, 1.807) is 0 Å². The van der Waals surface area contributed by atoms with E-state index >= 15 is 0 Å². The van der Waals surface area contributed by atoms with E-state index in [0.717, 1.165) is 10.6 Å². The van der Waals surface area contributed by atoms with Crippen molar-refractivity contribution in [2.75, 3.05) is 0 Å². The summed E-state index contributed by atoms with van der Waals surface area (Å²) in [6, 6.07) is 8.24. The summed E-state index contributed by atoms with van der Waals surface area (Å²) >= 11 is 6.11. The fourth-order valence-electron chi connectivity index (χ4n) is 1.55. The van der Waals surface area contributed by atoms with Crippen molar-refractivity contribution in [2.24, 2.45) is 0 Å². The van der Waals surface area contributed by atoms with Gasteiger partial charge in [-0.05, 0) is 39.3 Å². The fraction of sp³-hybridized carbons (Fsp3) is 0.500. The Hall–Kier alpha value is -0.530. The third kappa shape index (κ3) is 3.32. The van der Waals surface area contributed by atoms with Gasteiger partial charge in [-0.2, -0.15) is 0 Å². The SMILES string of the molecule is C[C@@H](NC(C)(C)C)c1ccccc1Cl. The van der Waals surface area contributed by atoms with E-state index in [4.69, 9.17) is 11.6 Å². The fourth-order valence-corrected chi connectivity index (χ4v) is 1.85. The van der Waals surface area contributed by atoms with Crippen molar-refractivity contribution in [1.29, 1.82) is 0 Å². The lowest BCUT2D eigenvalue weighted by Gasteiger charge is -2.26. The maximum Gasteiger partial charge on any atom is 0.0453 e. The first-order chi connectivity index (χ1) is 6.40. The molecule has 78 valence electrons. The second-order valence-corrected chi connectivity index (χ2v) is 5.04. The Labute approximate surface area is 91.5 Å². The molecular weight excluding hydrogens is 194 g/mol. The highest BCUT2D eigenvalue weighted by Crippen LogP contribution is 2.23. The molecule has 1 aromatic carbocycles. The monoisotopic (exact) mass is 211 g/mol. The summed E-state index contributed by atoms with van der Waals surface area (Å²) in [6.45, 7) is 8.59. The Bertz CT molecular complexity index is 301. The number of nitrogens with one attached hydrogen (secondary N) is 1. The first-order valence-corrected chi connectivity index (χ1v) is 5.30. The van der Waals surface area contributed by atoms with Gasteiger partial charge in [-0.25, -0.2) is 0 Å². The number of halogens is 1. The largest absolute Gasteiger partial charge is 0.305 e. The third-order valence-corrected chi connectivity index (χ3v) is 2.37. The molecule has 0 radical (unpaired) electrons. The molecule has 0 saturated carbocycles. The van der Waals surface area contributed by atoms with Crippen LogP contribution in [0, 0.1) is 0 Å². The molecule has 1 aromatic rings. The van der Waals surface area contributed by atoms with Gasteiger partial charge in [-0.3, -0.25) is 0 Å². The van der Waals surface area contributed by atoms with Gasteiger partial charge in [0.2, 0.25) is 0 Å². The van der Waals surface area contributed by atoms with E-state index in [-0.39, 0.29) is 11.6 Å². The highest BCUT2D eigenvalue weighted by molar-refractivity contribution is 6.31. The van der Waals surface area contributed by atoms with Crippen LogP contribution in [-0.2, 0) is 0 Å². The average molecular weight is 212 g/mol. The van der Waals surface area contributed by atoms with E-state index in [2.05, 4.69) is 39.1 Å². The zero-order chi connectivity index (χ0) is 10.8. The van der Waals surface area contributed by atoms with Crippen LogP contribution in [-0.4, -0.2) is 5.54 Å². The highest BCUT2D eigenvalue weighted by Gasteiger charge is 2.16. The van der Waals surface area contributed by atoms with Crippen LogP contribution in [0.4, 0.5) is 0 Å². The van der Waals surface area contributed by atoms with Crippen molar-refractivity contribution in [3.63, 3.8) is 0 Å². The normalized spacial score (nSPS) is 14.1. The van der Waals surface area contributed by atoms with Crippen LogP contribution in [0.2, 0.25) is 5.02 Å². The van der Waals surface area contributed by atoms with Crippen LogP contribution in [0.5, 0.6) is 0 Å². The van der Waals surface area contributed by atoms with Crippen molar-refractivity contribution in [1.82, 2.24) is 5.32 Å². The summed E-state index contributed by atoms with van der Waals surface area (Å²) in [4.78, 5) is 0. The van der Waals surface area contributed by atoms with Crippen LogP contribution in [0.3, 0.4) is 0 Å². The number of hydrogen-bond donors (Lipinski definition) is 1. The van der Waals surface area contributed by atoms with Crippen molar-refractivity contribution < 1.29 is 0 Å². The van der Waals surface area contributed by atoms with Gasteiger partial charge in [0, 0.05) is 16.6 Å². The van der Waals surface area contributed by atoms with E-state index < -0.39 is 0 Å². The number of hydrogen-bond acceptors (Lipinski definition) is 1. The van der Waals surface area contributed by atoms with Crippen LogP contribution in [0.1, 0.15) is 39.3 Å². The molecule has 1 atom stereocenters. The summed E-state index contributed by atoms with van der Waals surface area (Å²) in [5.41, 5.74) is 1.27. The van der Waals surface area contributed by atoms with E-state index in [1.165, 1.54) is 0 Å². The number of benzene rings is 1. The highest BCUT2D eigenvalue weighted by atomic mass is 35.5. The topological polar surface area (TPSA) is 12.0 Å². The maximum absolute atomic E-state index is 6.11. The lowest BCUT2D eigenvalue weighted by Crippen LogP contribution is -2.37. The molecule has 0 saturated heterocycles. The van der Waals surface area contributed by atoms with E-state index in [9.17, 15) is 0 Å². The molecule has 0 heterocycles. The van der Waals surface area contributed by atoms with Crippen LogP contribution in [0.25, 0.3) is 0 Å². The van der Waals surface area contributed by atoms with Crippen LogP contribution < -0.4 is 5.32 Å². The number of rotatable bonds is 2. The van der Waals surface area contributed by atoms with E-state index in [1.807, 2.05) is 18.2 Å². The van der Waals surface area contributed by atoms with Crippen molar-refractivity contribution >= 4 is 11.6 Å². The molecule has 0 aliphatic carbocycles. The maximum atomic E-state index is 6.11. The molecule has 0 bridgehead atoms. The first kappa shape index (κ1) is 11.5. The Morgan fingerprint density at radius 3 is 2.29 bits per heavy atom. The standard InChI is InChI=1S/C12H18ClN/c1-9(14-12(2,3)4)10-7-5-6-8-11(10)13/h5-9,14H,1-4H3/t9-/m1/s1. The summed E-state index contributed by atoms with van der Waals surface area (Å²) in [6.07, 6.45) is 0. The molecule has 0 aliphatic heterocycles. The van der Waals surface area contributed by atoms with Crippen LogP contribution in [0.15, 0.2) is 24.3 Å². The van der Waals surface area contributed by atoms with Gasteiger partial charge in [0.1, 0.15) is 0 Å². The van der Waals surface area contributed by atoms with Gasteiger partial charge in [-0.1, -0.05) is 29.8 Å². The van der Waals surface area contributed by atoms with Crippen molar-refractivity contribution in [3.8, 4) is 0 Å². The predicted molar refractivity (Wildman–Crippen MR) is 62.8 cm³/mol. The second-order valence-electron chi connectivity index (χ2n) is 4.64. The summed E-state index contributed by atoms with van der Waals surface area (Å²) < 4.78 is 0. The summed E-state index contributed by atoms with van der Waals surface area (Å²) in [5, 5.41) is 4.32.